The number of hydrogen-bond acceptors (Lipinski definition) is 4. The van der Waals surface area contributed by atoms with E-state index in [1.165, 1.54) is 20.0 Å². The Bertz CT molecular complexity index is 499. The third-order valence-corrected chi connectivity index (χ3v) is 2.50. The van der Waals surface area contributed by atoms with Crippen molar-refractivity contribution in [3.63, 3.8) is 0 Å². The van der Waals surface area contributed by atoms with Crippen LogP contribution in [0.5, 0.6) is 0 Å². The molecule has 0 fully saturated rings. The first kappa shape index (κ1) is 14.8. The van der Waals surface area contributed by atoms with Crippen molar-refractivity contribution >= 4 is 23.3 Å². The van der Waals surface area contributed by atoms with Gasteiger partial charge in [0.05, 0.1) is 6.61 Å². The molecule has 19 heavy (non-hydrogen) atoms. The maximum Gasteiger partial charge on any atom is 0.313 e. The highest BCUT2D eigenvalue weighted by Gasteiger charge is 2.18. The molecule has 0 heterocycles. The van der Waals surface area contributed by atoms with E-state index in [9.17, 15) is 14.4 Å². The van der Waals surface area contributed by atoms with Crippen LogP contribution in [0.3, 0.4) is 0 Å². The molecule has 0 spiro atoms. The first-order chi connectivity index (χ1) is 8.95. The molecule has 0 aliphatic carbocycles. The molecule has 1 aromatic rings. The lowest BCUT2D eigenvalue weighted by atomic mass is 10.1. The van der Waals surface area contributed by atoms with Crippen molar-refractivity contribution in [1.82, 2.24) is 4.90 Å². The van der Waals surface area contributed by atoms with Crippen LogP contribution >= 0.6 is 0 Å². The zero-order valence-electron chi connectivity index (χ0n) is 10.8. The highest BCUT2D eigenvalue weighted by atomic mass is 16.3. The smallest absolute Gasteiger partial charge is 0.313 e. The van der Waals surface area contributed by atoms with Gasteiger partial charge in [-0.1, -0.05) is 12.1 Å². The second-order valence-electron chi connectivity index (χ2n) is 4.04. The Morgan fingerprint density at radius 3 is 2.58 bits per heavy atom. The lowest BCUT2D eigenvalue weighted by Crippen LogP contribution is -2.38. The fourth-order valence-electron chi connectivity index (χ4n) is 1.43. The van der Waals surface area contributed by atoms with Gasteiger partial charge in [-0.3, -0.25) is 14.4 Å². The van der Waals surface area contributed by atoms with Crippen LogP contribution in [-0.4, -0.2) is 47.8 Å². The molecule has 0 saturated heterocycles. The molecule has 0 bridgehead atoms. The fourth-order valence-corrected chi connectivity index (χ4v) is 1.43. The van der Waals surface area contributed by atoms with Gasteiger partial charge in [0, 0.05) is 24.8 Å². The normalized spacial score (nSPS) is 9.84. The number of nitrogens with one attached hydrogen (secondary N) is 1. The Morgan fingerprint density at radius 2 is 2.00 bits per heavy atom. The summed E-state index contributed by atoms with van der Waals surface area (Å²) in [6.45, 7) is 1.29. The van der Waals surface area contributed by atoms with E-state index in [4.69, 9.17) is 5.11 Å². The number of Topliss-reactive ketones (excluding diaryl/α,β-unsaturated/α-hetero) is 1. The summed E-state index contributed by atoms with van der Waals surface area (Å²) in [5.41, 5.74) is 0.831. The maximum absolute atomic E-state index is 11.6. The lowest BCUT2D eigenvalue weighted by molar-refractivity contribution is -0.142. The minimum absolute atomic E-state index is 0.0831. The second-order valence-corrected chi connectivity index (χ2v) is 4.04. The summed E-state index contributed by atoms with van der Waals surface area (Å²) in [6, 6.07) is 6.33. The number of likely N-dealkylation sites (N-methyl/N-ethyl adjacent to an activating group) is 1. The zero-order valence-corrected chi connectivity index (χ0v) is 10.8. The van der Waals surface area contributed by atoms with Gasteiger partial charge in [-0.05, 0) is 19.1 Å². The van der Waals surface area contributed by atoms with Crippen molar-refractivity contribution in [2.45, 2.75) is 6.92 Å². The van der Waals surface area contributed by atoms with E-state index in [2.05, 4.69) is 5.32 Å². The van der Waals surface area contributed by atoms with Crippen molar-refractivity contribution in [1.29, 1.82) is 0 Å². The van der Waals surface area contributed by atoms with Crippen molar-refractivity contribution in [3.8, 4) is 0 Å². The topological polar surface area (TPSA) is 86.7 Å². The molecule has 1 rings (SSSR count). The molecule has 0 radical (unpaired) electrons. The summed E-state index contributed by atoms with van der Waals surface area (Å²) in [6.07, 6.45) is 0. The minimum Gasteiger partial charge on any atom is -0.395 e. The van der Waals surface area contributed by atoms with Crippen molar-refractivity contribution in [2.75, 3.05) is 25.5 Å². The molecule has 0 unspecified atom stereocenters. The van der Waals surface area contributed by atoms with Crippen molar-refractivity contribution < 1.29 is 19.5 Å². The van der Waals surface area contributed by atoms with Crippen LogP contribution in [0.1, 0.15) is 17.3 Å². The van der Waals surface area contributed by atoms with E-state index in [1.54, 1.807) is 18.2 Å². The quantitative estimate of drug-likeness (QED) is 0.604. The molecule has 2 amide bonds. The Hall–Kier alpha value is -2.21. The Morgan fingerprint density at radius 1 is 1.32 bits per heavy atom. The molecule has 102 valence electrons. The highest BCUT2D eigenvalue weighted by molar-refractivity contribution is 6.39. The summed E-state index contributed by atoms with van der Waals surface area (Å²) in [5, 5.41) is 11.1. The summed E-state index contributed by atoms with van der Waals surface area (Å²) >= 11 is 0. The van der Waals surface area contributed by atoms with Crippen LogP contribution in [0.4, 0.5) is 5.69 Å². The number of ketones is 1. The van der Waals surface area contributed by atoms with Crippen LogP contribution in [0, 0.1) is 0 Å². The number of anilines is 1. The molecule has 0 aromatic heterocycles. The summed E-state index contributed by atoms with van der Waals surface area (Å²) in [4.78, 5) is 35.5. The number of rotatable bonds is 4. The van der Waals surface area contributed by atoms with Crippen LogP contribution in [0.15, 0.2) is 24.3 Å². The standard InChI is InChI=1S/C13H16N2O4/c1-9(17)10-4-3-5-11(8-10)14-12(18)13(19)15(2)6-7-16/h3-5,8,16H,6-7H2,1-2H3,(H,14,18). The maximum atomic E-state index is 11.6. The van der Waals surface area contributed by atoms with Gasteiger partial charge in [-0.15, -0.1) is 0 Å². The number of aliphatic hydroxyl groups is 1. The summed E-state index contributed by atoms with van der Waals surface area (Å²) < 4.78 is 0. The predicted octanol–water partition coefficient (Wildman–Crippen LogP) is 0.278. The highest BCUT2D eigenvalue weighted by Crippen LogP contribution is 2.11. The predicted molar refractivity (Wildman–Crippen MR) is 69.8 cm³/mol. The molecule has 0 aliphatic heterocycles. The van der Waals surface area contributed by atoms with Crippen LogP contribution in [0.2, 0.25) is 0 Å². The number of hydrogen-bond donors (Lipinski definition) is 2. The van der Waals surface area contributed by atoms with Gasteiger partial charge in [0.15, 0.2) is 5.78 Å². The van der Waals surface area contributed by atoms with Crippen molar-refractivity contribution in [2.24, 2.45) is 0 Å². The van der Waals surface area contributed by atoms with E-state index >= 15 is 0 Å². The third-order valence-electron chi connectivity index (χ3n) is 2.50. The van der Waals surface area contributed by atoms with E-state index in [0.717, 1.165) is 4.90 Å². The Labute approximate surface area is 111 Å². The first-order valence-electron chi connectivity index (χ1n) is 5.74. The number of nitrogens with zero attached hydrogens (tertiary/aromatic N) is 1. The van der Waals surface area contributed by atoms with Gasteiger partial charge < -0.3 is 15.3 Å². The average Bonchev–Trinajstić information content (AvgIpc) is 2.38. The van der Waals surface area contributed by atoms with Gasteiger partial charge in [0.25, 0.3) is 0 Å². The van der Waals surface area contributed by atoms with E-state index < -0.39 is 11.8 Å². The molecular formula is C13H16N2O4. The van der Waals surface area contributed by atoms with Gasteiger partial charge in [-0.2, -0.15) is 0 Å². The number of aliphatic hydroxyl groups excluding tert-OH is 1. The Kier molecular flexibility index (Phi) is 5.20. The monoisotopic (exact) mass is 264 g/mol. The first-order valence-corrected chi connectivity index (χ1v) is 5.74. The number of amides is 2. The zero-order chi connectivity index (χ0) is 14.4. The molecule has 0 atom stereocenters. The average molecular weight is 264 g/mol. The van der Waals surface area contributed by atoms with Crippen molar-refractivity contribution in [3.05, 3.63) is 29.8 Å². The number of benzene rings is 1. The summed E-state index contributed by atoms with van der Waals surface area (Å²) in [5.74, 6) is -1.68. The lowest BCUT2D eigenvalue weighted by Gasteiger charge is -2.15. The molecule has 0 saturated carbocycles. The van der Waals surface area contributed by atoms with E-state index in [0.29, 0.717) is 11.3 Å². The molecule has 6 heteroatoms. The van der Waals surface area contributed by atoms with E-state index in [-0.39, 0.29) is 18.9 Å². The third kappa shape index (κ3) is 4.18. The van der Waals surface area contributed by atoms with Crippen LogP contribution in [-0.2, 0) is 9.59 Å². The largest absolute Gasteiger partial charge is 0.395 e. The SMILES string of the molecule is CC(=O)c1cccc(NC(=O)C(=O)N(C)CCO)c1. The molecular weight excluding hydrogens is 248 g/mol. The Balaban J connectivity index is 2.74. The van der Waals surface area contributed by atoms with E-state index in [1.807, 2.05) is 0 Å². The number of carbonyl (C=O) groups is 3. The summed E-state index contributed by atoms with van der Waals surface area (Å²) in [7, 11) is 1.42. The molecule has 0 aliphatic rings. The van der Waals surface area contributed by atoms with Gasteiger partial charge in [0.2, 0.25) is 0 Å². The van der Waals surface area contributed by atoms with Gasteiger partial charge in [-0.25, -0.2) is 0 Å². The van der Waals surface area contributed by atoms with Crippen LogP contribution < -0.4 is 5.32 Å². The fraction of sp³-hybridized carbons (Fsp3) is 0.308. The molecule has 1 aromatic carbocycles. The molecule has 6 nitrogen and oxygen atoms in total. The number of carbonyl (C=O) groups excluding carboxylic acids is 3. The van der Waals surface area contributed by atoms with Crippen LogP contribution in [0.25, 0.3) is 0 Å². The second kappa shape index (κ2) is 6.65. The van der Waals surface area contributed by atoms with Gasteiger partial charge in [0.1, 0.15) is 0 Å². The molecule has 2 N–H and O–H groups in total. The minimum atomic E-state index is -0.809. The van der Waals surface area contributed by atoms with Gasteiger partial charge >= 0.3 is 11.8 Å².